The Hall–Kier alpha value is -2.44. The number of carbonyl (C=O) groups is 3. The molecule has 1 aliphatic rings. The van der Waals surface area contributed by atoms with Gasteiger partial charge in [0.2, 0.25) is 5.91 Å². The van der Waals surface area contributed by atoms with Crippen LogP contribution in [0, 0.1) is 5.92 Å². The van der Waals surface area contributed by atoms with E-state index in [2.05, 4.69) is 9.72 Å². The van der Waals surface area contributed by atoms with Crippen molar-refractivity contribution in [3.8, 4) is 0 Å². The van der Waals surface area contributed by atoms with E-state index in [1.165, 1.54) is 30.5 Å². The van der Waals surface area contributed by atoms with Crippen molar-refractivity contribution in [2.75, 3.05) is 25.2 Å². The molecule has 2 rings (SSSR count). The number of aromatic nitrogens is 1. The maximum atomic E-state index is 12.1. The summed E-state index contributed by atoms with van der Waals surface area (Å²) in [5.74, 6) is -1.74. The molecule has 112 valence electrons. The Bertz CT molecular complexity index is 572. The molecule has 7 nitrogen and oxygen atoms in total. The van der Waals surface area contributed by atoms with Crippen molar-refractivity contribution in [3.05, 3.63) is 24.0 Å². The highest BCUT2D eigenvalue weighted by Crippen LogP contribution is 2.28. The minimum absolute atomic E-state index is 0.0594. The Balaban J connectivity index is 2.28. The summed E-state index contributed by atoms with van der Waals surface area (Å²) in [4.78, 5) is 40.9. The van der Waals surface area contributed by atoms with Crippen LogP contribution in [0.2, 0.25) is 0 Å². The molecule has 0 N–H and O–H groups in total. The van der Waals surface area contributed by atoms with E-state index in [0.717, 1.165) is 0 Å². The quantitative estimate of drug-likeness (QED) is 0.762. The molecule has 1 amide bonds. The first-order valence-electron chi connectivity index (χ1n) is 6.57. The zero-order valence-corrected chi connectivity index (χ0v) is 11.9. The fraction of sp³-hybridized carbons (Fsp3) is 0.429. The number of hydrogen-bond acceptors (Lipinski definition) is 6. The number of hydrogen-bond donors (Lipinski definition) is 0. The molecule has 1 fully saturated rings. The van der Waals surface area contributed by atoms with Gasteiger partial charge >= 0.3 is 11.9 Å². The lowest BCUT2D eigenvalue weighted by Crippen LogP contribution is -2.28. The van der Waals surface area contributed by atoms with Gasteiger partial charge < -0.3 is 14.4 Å². The number of nitrogens with zero attached hydrogens (tertiary/aromatic N) is 2. The molecule has 0 saturated carbocycles. The molecule has 1 atom stereocenters. The summed E-state index contributed by atoms with van der Waals surface area (Å²) >= 11 is 0. The van der Waals surface area contributed by atoms with Crippen LogP contribution in [0.15, 0.2) is 18.5 Å². The van der Waals surface area contributed by atoms with Crippen LogP contribution in [0.1, 0.15) is 23.7 Å². The Morgan fingerprint density at radius 1 is 1.48 bits per heavy atom. The predicted octanol–water partition coefficient (Wildman–Crippen LogP) is 0.784. The second-order valence-corrected chi connectivity index (χ2v) is 4.54. The number of pyridine rings is 1. The lowest BCUT2D eigenvalue weighted by Gasteiger charge is -2.18. The maximum Gasteiger partial charge on any atom is 0.340 e. The average molecular weight is 292 g/mol. The summed E-state index contributed by atoms with van der Waals surface area (Å²) in [5.41, 5.74) is 0.609. The van der Waals surface area contributed by atoms with Gasteiger partial charge in [-0.05, 0) is 13.0 Å². The minimum Gasteiger partial charge on any atom is -0.469 e. The molecule has 0 aromatic carbocycles. The molecule has 1 unspecified atom stereocenters. The third-order valence-electron chi connectivity index (χ3n) is 3.25. The highest BCUT2D eigenvalue weighted by molar-refractivity contribution is 6.05. The highest BCUT2D eigenvalue weighted by Gasteiger charge is 2.37. The molecule has 1 aliphatic heterocycles. The van der Waals surface area contributed by atoms with Gasteiger partial charge in [0.25, 0.3) is 0 Å². The molecule has 1 aromatic heterocycles. The summed E-state index contributed by atoms with van der Waals surface area (Å²) in [7, 11) is 1.28. The molecule has 0 spiro atoms. The molecule has 1 saturated heterocycles. The van der Waals surface area contributed by atoms with E-state index in [4.69, 9.17) is 4.74 Å². The van der Waals surface area contributed by atoms with Crippen LogP contribution < -0.4 is 4.90 Å². The molecule has 7 heteroatoms. The lowest BCUT2D eigenvalue weighted by molar-refractivity contribution is -0.145. The Labute approximate surface area is 121 Å². The number of esters is 2. The zero-order valence-electron chi connectivity index (χ0n) is 11.9. The van der Waals surface area contributed by atoms with E-state index in [-0.39, 0.29) is 31.0 Å². The van der Waals surface area contributed by atoms with E-state index < -0.39 is 17.9 Å². The van der Waals surface area contributed by atoms with Gasteiger partial charge in [0.1, 0.15) is 0 Å². The van der Waals surface area contributed by atoms with Crippen molar-refractivity contribution in [2.45, 2.75) is 13.3 Å². The predicted molar refractivity (Wildman–Crippen MR) is 72.7 cm³/mol. The van der Waals surface area contributed by atoms with Crippen molar-refractivity contribution in [1.29, 1.82) is 0 Å². The first kappa shape index (κ1) is 15.0. The number of amides is 1. The van der Waals surface area contributed by atoms with Crippen LogP contribution in [0.5, 0.6) is 0 Å². The van der Waals surface area contributed by atoms with Crippen molar-refractivity contribution >= 4 is 23.5 Å². The number of methoxy groups -OCH3 is 1. The first-order chi connectivity index (χ1) is 10.1. The molecular weight excluding hydrogens is 276 g/mol. The second-order valence-electron chi connectivity index (χ2n) is 4.54. The van der Waals surface area contributed by atoms with Crippen molar-refractivity contribution < 1.29 is 23.9 Å². The molecule has 0 aliphatic carbocycles. The van der Waals surface area contributed by atoms with E-state index in [0.29, 0.717) is 5.69 Å². The molecule has 2 heterocycles. The van der Waals surface area contributed by atoms with Gasteiger partial charge in [-0.1, -0.05) is 0 Å². The Morgan fingerprint density at radius 2 is 2.24 bits per heavy atom. The number of ether oxygens (including phenoxy) is 2. The fourth-order valence-corrected chi connectivity index (χ4v) is 2.25. The van der Waals surface area contributed by atoms with Crippen LogP contribution in [-0.4, -0.2) is 43.1 Å². The van der Waals surface area contributed by atoms with E-state index in [1.807, 2.05) is 0 Å². The third kappa shape index (κ3) is 3.01. The van der Waals surface area contributed by atoms with Gasteiger partial charge in [-0.3, -0.25) is 14.6 Å². The Kier molecular flexibility index (Phi) is 4.52. The highest BCUT2D eigenvalue weighted by atomic mass is 16.5. The number of anilines is 1. The summed E-state index contributed by atoms with van der Waals surface area (Å²) in [5, 5.41) is 0. The van der Waals surface area contributed by atoms with Gasteiger partial charge in [-0.25, -0.2) is 4.79 Å². The van der Waals surface area contributed by atoms with Gasteiger partial charge in [-0.15, -0.1) is 0 Å². The normalized spacial score (nSPS) is 17.7. The zero-order chi connectivity index (χ0) is 15.4. The van der Waals surface area contributed by atoms with Crippen molar-refractivity contribution in [3.63, 3.8) is 0 Å². The standard InChI is InChI=1S/C14H16N2O5/c1-3-21-14(19)10-4-5-15-7-11(10)16-8-9(6-12(16)17)13(18)20-2/h4-5,7,9H,3,6,8H2,1-2H3. The van der Waals surface area contributed by atoms with Gasteiger partial charge in [-0.2, -0.15) is 0 Å². The van der Waals surface area contributed by atoms with Crippen LogP contribution in [-0.2, 0) is 19.1 Å². The summed E-state index contributed by atoms with van der Waals surface area (Å²) in [6.45, 7) is 2.11. The number of rotatable bonds is 4. The number of carbonyl (C=O) groups excluding carboxylic acids is 3. The van der Waals surface area contributed by atoms with Gasteiger partial charge in [0.05, 0.1) is 37.1 Å². The third-order valence-corrected chi connectivity index (χ3v) is 3.25. The minimum atomic E-state index is -0.530. The SMILES string of the molecule is CCOC(=O)c1ccncc1N1CC(C(=O)OC)CC1=O. The van der Waals surface area contributed by atoms with Crippen molar-refractivity contribution in [2.24, 2.45) is 5.92 Å². The topological polar surface area (TPSA) is 85.8 Å². The molecule has 1 aromatic rings. The summed E-state index contributed by atoms with van der Waals surface area (Å²) in [6.07, 6.45) is 2.93. The molecular formula is C14H16N2O5. The van der Waals surface area contributed by atoms with Gasteiger partial charge in [0, 0.05) is 19.2 Å². The average Bonchev–Trinajstić information content (AvgIpc) is 2.88. The van der Waals surface area contributed by atoms with Crippen LogP contribution in [0.4, 0.5) is 5.69 Å². The molecule has 21 heavy (non-hydrogen) atoms. The summed E-state index contributed by atoms with van der Waals surface area (Å²) in [6, 6.07) is 1.49. The lowest BCUT2D eigenvalue weighted by atomic mass is 10.1. The fourth-order valence-electron chi connectivity index (χ4n) is 2.25. The largest absolute Gasteiger partial charge is 0.469 e. The van der Waals surface area contributed by atoms with Crippen LogP contribution in [0.25, 0.3) is 0 Å². The van der Waals surface area contributed by atoms with Crippen LogP contribution >= 0.6 is 0 Å². The van der Waals surface area contributed by atoms with Crippen molar-refractivity contribution in [1.82, 2.24) is 4.98 Å². The van der Waals surface area contributed by atoms with Crippen LogP contribution in [0.3, 0.4) is 0 Å². The van der Waals surface area contributed by atoms with E-state index in [1.54, 1.807) is 6.92 Å². The monoisotopic (exact) mass is 292 g/mol. The smallest absolute Gasteiger partial charge is 0.340 e. The molecule has 0 bridgehead atoms. The molecule has 0 radical (unpaired) electrons. The van der Waals surface area contributed by atoms with E-state index in [9.17, 15) is 14.4 Å². The van der Waals surface area contributed by atoms with Gasteiger partial charge in [0.15, 0.2) is 0 Å². The van der Waals surface area contributed by atoms with E-state index >= 15 is 0 Å². The maximum absolute atomic E-state index is 12.1. The summed E-state index contributed by atoms with van der Waals surface area (Å²) < 4.78 is 9.62. The second kappa shape index (κ2) is 6.34. The first-order valence-corrected chi connectivity index (χ1v) is 6.57. The Morgan fingerprint density at radius 3 is 2.90 bits per heavy atom.